The number of rotatable bonds is 9. The lowest BCUT2D eigenvalue weighted by molar-refractivity contribution is -0.123. The molecule has 142 valence electrons. The van der Waals surface area contributed by atoms with Crippen molar-refractivity contribution in [1.29, 1.82) is 0 Å². The van der Waals surface area contributed by atoms with Crippen LogP contribution in [0.15, 0.2) is 27.4 Å². The van der Waals surface area contributed by atoms with Crippen molar-refractivity contribution in [3.63, 3.8) is 0 Å². The van der Waals surface area contributed by atoms with Crippen LogP contribution in [0.5, 0.6) is 5.75 Å². The van der Waals surface area contributed by atoms with Crippen molar-refractivity contribution in [2.24, 2.45) is 0 Å². The van der Waals surface area contributed by atoms with Gasteiger partial charge in [0.1, 0.15) is 11.3 Å². The normalized spacial score (nSPS) is 12.2. The van der Waals surface area contributed by atoms with E-state index in [0.717, 1.165) is 29.4 Å². The van der Waals surface area contributed by atoms with Crippen molar-refractivity contribution in [2.75, 3.05) is 6.61 Å². The highest BCUT2D eigenvalue weighted by atomic mass is 16.5. The number of amides is 1. The summed E-state index contributed by atoms with van der Waals surface area (Å²) in [5.41, 5.74) is 1.71. The number of fused-ring (bicyclic) bond motifs is 1. The Bertz CT molecular complexity index is 809. The second-order valence-corrected chi connectivity index (χ2v) is 6.92. The first-order valence-corrected chi connectivity index (χ1v) is 9.38. The van der Waals surface area contributed by atoms with Crippen LogP contribution in [0.4, 0.5) is 0 Å². The fraction of sp³-hybridized carbons (Fsp3) is 0.524. The van der Waals surface area contributed by atoms with Crippen LogP contribution in [-0.4, -0.2) is 18.6 Å². The Kier molecular flexibility index (Phi) is 7.25. The first kappa shape index (κ1) is 20.0. The zero-order chi connectivity index (χ0) is 19.1. The van der Waals surface area contributed by atoms with E-state index in [1.165, 1.54) is 25.3 Å². The van der Waals surface area contributed by atoms with Gasteiger partial charge in [0.2, 0.25) is 0 Å². The zero-order valence-corrected chi connectivity index (χ0v) is 16.2. The van der Waals surface area contributed by atoms with Crippen molar-refractivity contribution in [2.45, 2.75) is 65.8 Å². The molecule has 2 rings (SSSR count). The molecule has 1 aromatic carbocycles. The molecule has 0 saturated carbocycles. The summed E-state index contributed by atoms with van der Waals surface area (Å²) in [5, 5.41) is 3.84. The lowest BCUT2D eigenvalue weighted by Gasteiger charge is -2.15. The highest BCUT2D eigenvalue weighted by Gasteiger charge is 2.12. The summed E-state index contributed by atoms with van der Waals surface area (Å²) in [6.45, 7) is 7.84. The first-order chi connectivity index (χ1) is 12.4. The van der Waals surface area contributed by atoms with Crippen molar-refractivity contribution in [3.8, 4) is 5.75 Å². The van der Waals surface area contributed by atoms with Crippen LogP contribution in [0.3, 0.4) is 0 Å². The van der Waals surface area contributed by atoms with Crippen molar-refractivity contribution in [1.82, 2.24) is 5.32 Å². The Morgan fingerprint density at radius 2 is 2.00 bits per heavy atom. The molecule has 26 heavy (non-hydrogen) atoms. The largest absolute Gasteiger partial charge is 0.483 e. The Balaban J connectivity index is 1.94. The van der Waals surface area contributed by atoms with E-state index >= 15 is 0 Å². The predicted octanol–water partition coefficient (Wildman–Crippen LogP) is 4.26. The van der Waals surface area contributed by atoms with Crippen molar-refractivity contribution >= 4 is 16.9 Å². The molecule has 2 aromatic rings. The van der Waals surface area contributed by atoms with E-state index in [9.17, 15) is 9.59 Å². The molecule has 0 spiro atoms. The molecule has 1 amide bonds. The maximum atomic E-state index is 12.1. The molecule has 0 fully saturated rings. The topological polar surface area (TPSA) is 68.5 Å². The van der Waals surface area contributed by atoms with Crippen LogP contribution in [-0.2, 0) is 4.79 Å². The van der Waals surface area contributed by atoms with E-state index in [2.05, 4.69) is 12.2 Å². The Labute approximate surface area is 154 Å². The molecule has 1 N–H and O–H groups in total. The van der Waals surface area contributed by atoms with Gasteiger partial charge in [-0.3, -0.25) is 4.79 Å². The van der Waals surface area contributed by atoms with E-state index in [1.807, 2.05) is 32.9 Å². The Hall–Kier alpha value is -2.30. The fourth-order valence-electron chi connectivity index (χ4n) is 3.07. The van der Waals surface area contributed by atoms with Gasteiger partial charge in [0.15, 0.2) is 6.61 Å². The minimum atomic E-state index is -0.384. The number of hydrogen-bond donors (Lipinski definition) is 1. The molecule has 0 unspecified atom stereocenters. The summed E-state index contributed by atoms with van der Waals surface area (Å²) in [4.78, 5) is 23.7. The SMILES string of the molecule is CCCCCC[C@@H](C)NC(=O)COc1ccc2c(C)cc(=O)oc2c1C. The smallest absolute Gasteiger partial charge is 0.336 e. The van der Waals surface area contributed by atoms with E-state index in [-0.39, 0.29) is 24.2 Å². The molecular weight excluding hydrogens is 330 g/mol. The van der Waals surface area contributed by atoms with E-state index < -0.39 is 0 Å². The lowest BCUT2D eigenvalue weighted by Crippen LogP contribution is -2.36. The number of hydrogen-bond acceptors (Lipinski definition) is 4. The van der Waals surface area contributed by atoms with Crippen molar-refractivity contribution in [3.05, 3.63) is 39.7 Å². The Morgan fingerprint density at radius 1 is 1.23 bits per heavy atom. The average molecular weight is 359 g/mol. The van der Waals surface area contributed by atoms with Gasteiger partial charge in [-0.25, -0.2) is 4.79 Å². The molecule has 0 aliphatic carbocycles. The minimum absolute atomic E-state index is 0.0539. The molecule has 1 heterocycles. The quantitative estimate of drug-likeness (QED) is 0.536. The molecule has 0 bridgehead atoms. The van der Waals surface area contributed by atoms with E-state index in [1.54, 1.807) is 0 Å². The van der Waals surface area contributed by atoms with E-state index in [4.69, 9.17) is 9.15 Å². The Morgan fingerprint density at radius 3 is 2.73 bits per heavy atom. The van der Waals surface area contributed by atoms with Crippen molar-refractivity contribution < 1.29 is 13.9 Å². The predicted molar refractivity (Wildman–Crippen MR) is 104 cm³/mol. The standard InChI is InChI=1S/C21H29NO4/c1-5-6-7-8-9-15(3)22-19(23)13-25-18-11-10-17-14(2)12-20(24)26-21(17)16(18)4/h10-12,15H,5-9,13H2,1-4H3,(H,22,23)/t15-/m1/s1. The summed E-state index contributed by atoms with van der Waals surface area (Å²) in [7, 11) is 0. The minimum Gasteiger partial charge on any atom is -0.483 e. The molecule has 0 saturated heterocycles. The highest BCUT2D eigenvalue weighted by Crippen LogP contribution is 2.28. The second kappa shape index (κ2) is 9.41. The number of ether oxygens (including phenoxy) is 1. The van der Waals surface area contributed by atoms with Gasteiger partial charge in [0.05, 0.1) is 0 Å². The van der Waals surface area contributed by atoms with Gasteiger partial charge in [-0.05, 0) is 44.9 Å². The van der Waals surface area contributed by atoms with Gasteiger partial charge in [-0.15, -0.1) is 0 Å². The molecule has 5 nitrogen and oxygen atoms in total. The number of nitrogens with one attached hydrogen (secondary N) is 1. The van der Waals surface area contributed by atoms with Gasteiger partial charge in [0, 0.05) is 23.1 Å². The van der Waals surface area contributed by atoms with Gasteiger partial charge in [-0.2, -0.15) is 0 Å². The van der Waals surface area contributed by atoms with Gasteiger partial charge in [0.25, 0.3) is 5.91 Å². The summed E-state index contributed by atoms with van der Waals surface area (Å²) in [6.07, 6.45) is 5.75. The van der Waals surface area contributed by atoms with Gasteiger partial charge >= 0.3 is 5.63 Å². The molecule has 5 heteroatoms. The molecule has 0 aliphatic rings. The van der Waals surface area contributed by atoms with Crippen LogP contribution in [0.2, 0.25) is 0 Å². The zero-order valence-electron chi connectivity index (χ0n) is 16.2. The number of unbranched alkanes of at least 4 members (excludes halogenated alkanes) is 3. The third-order valence-corrected chi connectivity index (χ3v) is 4.57. The summed E-state index contributed by atoms with van der Waals surface area (Å²) in [5.74, 6) is 0.412. The number of aryl methyl sites for hydroxylation is 2. The number of benzene rings is 1. The fourth-order valence-corrected chi connectivity index (χ4v) is 3.07. The highest BCUT2D eigenvalue weighted by molar-refractivity contribution is 5.85. The maximum Gasteiger partial charge on any atom is 0.336 e. The molecule has 0 radical (unpaired) electrons. The average Bonchev–Trinajstić information content (AvgIpc) is 2.58. The summed E-state index contributed by atoms with van der Waals surface area (Å²) < 4.78 is 11.0. The monoisotopic (exact) mass is 359 g/mol. The van der Waals surface area contributed by atoms with Crippen LogP contribution in [0.25, 0.3) is 11.0 Å². The molecular formula is C21H29NO4. The third kappa shape index (κ3) is 5.35. The maximum absolute atomic E-state index is 12.1. The van der Waals surface area contributed by atoms with Gasteiger partial charge < -0.3 is 14.5 Å². The van der Waals surface area contributed by atoms with E-state index in [0.29, 0.717) is 11.3 Å². The van der Waals surface area contributed by atoms with Crippen LogP contribution in [0, 0.1) is 13.8 Å². The summed E-state index contributed by atoms with van der Waals surface area (Å²) >= 11 is 0. The van der Waals surface area contributed by atoms with Crippen LogP contribution >= 0.6 is 0 Å². The molecule has 1 aromatic heterocycles. The summed E-state index contributed by atoms with van der Waals surface area (Å²) in [6, 6.07) is 5.27. The lowest BCUT2D eigenvalue weighted by atomic mass is 10.1. The second-order valence-electron chi connectivity index (χ2n) is 6.92. The van der Waals surface area contributed by atoms with Crippen LogP contribution in [0.1, 0.15) is 57.1 Å². The first-order valence-electron chi connectivity index (χ1n) is 9.38. The number of carbonyl (C=O) groups is 1. The molecule has 0 aliphatic heterocycles. The number of carbonyl (C=O) groups excluding carboxylic acids is 1. The molecule has 1 atom stereocenters. The van der Waals surface area contributed by atoms with Crippen LogP contribution < -0.4 is 15.7 Å². The third-order valence-electron chi connectivity index (χ3n) is 4.57. The van der Waals surface area contributed by atoms with Gasteiger partial charge in [-0.1, -0.05) is 32.6 Å².